The predicted octanol–water partition coefficient (Wildman–Crippen LogP) is 3.80. The summed E-state index contributed by atoms with van der Waals surface area (Å²) >= 11 is 1.55. The first kappa shape index (κ1) is 19.3. The molecule has 2 aromatic rings. The van der Waals surface area contributed by atoms with Crippen molar-refractivity contribution in [2.45, 2.75) is 23.6 Å². The third-order valence-corrected chi connectivity index (χ3v) is 6.26. The van der Waals surface area contributed by atoms with Gasteiger partial charge in [-0.15, -0.1) is 11.8 Å². The number of hydrogen-bond donors (Lipinski definition) is 0. The molecule has 2 aromatic carbocycles. The molecule has 0 N–H and O–H groups in total. The lowest BCUT2D eigenvalue weighted by Gasteiger charge is -2.23. The highest BCUT2D eigenvalue weighted by molar-refractivity contribution is 7.98. The Morgan fingerprint density at radius 1 is 1.04 bits per heavy atom. The van der Waals surface area contributed by atoms with Crippen LogP contribution in [0, 0.1) is 0 Å². The Hall–Kier alpha value is -1.99. The first-order valence-corrected chi connectivity index (χ1v) is 10.5. The Bertz CT molecular complexity index is 815. The fourth-order valence-electron chi connectivity index (χ4n) is 2.34. The van der Waals surface area contributed by atoms with Crippen LogP contribution in [0.4, 0.5) is 5.69 Å². The number of sulfonamides is 1. The second-order valence-corrected chi connectivity index (χ2v) is 7.85. The molecule has 2 rings (SSSR count). The molecule has 0 amide bonds. The molecular formula is C18H21NO4S2. The second-order valence-electron chi connectivity index (χ2n) is 5.11. The third-order valence-electron chi connectivity index (χ3n) is 3.60. The monoisotopic (exact) mass is 379 g/mol. The number of esters is 1. The van der Waals surface area contributed by atoms with Gasteiger partial charge in [0.15, 0.2) is 0 Å². The van der Waals surface area contributed by atoms with Crippen LogP contribution >= 0.6 is 11.8 Å². The standard InChI is InChI=1S/C18H21NO4S2/c1-4-19(15-8-6-14(7-9-15)18(20)23-5-2)25(21,22)17-12-10-16(24-3)11-13-17/h6-13H,4-5H2,1-3H3. The van der Waals surface area contributed by atoms with Gasteiger partial charge in [0.05, 0.1) is 22.8 Å². The van der Waals surface area contributed by atoms with Gasteiger partial charge in [-0.05, 0) is 68.6 Å². The van der Waals surface area contributed by atoms with E-state index in [0.717, 1.165) is 4.90 Å². The number of carbonyl (C=O) groups is 1. The molecule has 7 heteroatoms. The van der Waals surface area contributed by atoms with Crippen LogP contribution in [0.15, 0.2) is 58.3 Å². The van der Waals surface area contributed by atoms with Gasteiger partial charge in [-0.1, -0.05) is 0 Å². The van der Waals surface area contributed by atoms with Gasteiger partial charge in [0, 0.05) is 11.4 Å². The van der Waals surface area contributed by atoms with Crippen LogP contribution in [-0.2, 0) is 14.8 Å². The Morgan fingerprint density at radius 2 is 1.64 bits per heavy atom. The molecule has 0 spiro atoms. The highest BCUT2D eigenvalue weighted by Crippen LogP contribution is 2.25. The van der Waals surface area contributed by atoms with Gasteiger partial charge in [0.1, 0.15) is 0 Å². The smallest absolute Gasteiger partial charge is 0.338 e. The van der Waals surface area contributed by atoms with E-state index in [0.29, 0.717) is 17.9 Å². The van der Waals surface area contributed by atoms with Crippen molar-refractivity contribution in [1.82, 2.24) is 0 Å². The minimum Gasteiger partial charge on any atom is -0.462 e. The summed E-state index contributed by atoms with van der Waals surface area (Å²) in [6.45, 7) is 4.08. The van der Waals surface area contributed by atoms with E-state index < -0.39 is 16.0 Å². The maximum Gasteiger partial charge on any atom is 0.338 e. The van der Waals surface area contributed by atoms with Crippen LogP contribution in [0.1, 0.15) is 24.2 Å². The summed E-state index contributed by atoms with van der Waals surface area (Å²) in [4.78, 5) is 13.0. The van der Waals surface area contributed by atoms with Crippen LogP contribution in [0.5, 0.6) is 0 Å². The minimum atomic E-state index is -3.66. The molecule has 0 saturated heterocycles. The van der Waals surface area contributed by atoms with Crippen molar-refractivity contribution in [2.24, 2.45) is 0 Å². The van der Waals surface area contributed by atoms with Gasteiger partial charge in [-0.25, -0.2) is 13.2 Å². The lowest BCUT2D eigenvalue weighted by Crippen LogP contribution is -2.30. The average molecular weight is 380 g/mol. The third kappa shape index (κ3) is 4.35. The van der Waals surface area contributed by atoms with Crippen molar-refractivity contribution in [3.63, 3.8) is 0 Å². The summed E-state index contributed by atoms with van der Waals surface area (Å²) in [6, 6.07) is 13.2. The number of anilines is 1. The number of ether oxygens (including phenoxy) is 1. The fourth-order valence-corrected chi connectivity index (χ4v) is 4.23. The molecule has 0 aliphatic carbocycles. The average Bonchev–Trinajstić information content (AvgIpc) is 2.63. The number of nitrogens with zero attached hydrogens (tertiary/aromatic N) is 1. The normalized spacial score (nSPS) is 11.2. The zero-order valence-electron chi connectivity index (χ0n) is 14.4. The SMILES string of the molecule is CCOC(=O)c1ccc(N(CC)S(=O)(=O)c2ccc(SC)cc2)cc1. The second kappa shape index (κ2) is 8.40. The van der Waals surface area contributed by atoms with Crippen molar-refractivity contribution >= 4 is 33.4 Å². The summed E-state index contributed by atoms with van der Waals surface area (Å²) in [5, 5.41) is 0. The Labute approximate surface area is 153 Å². The van der Waals surface area contributed by atoms with Crippen LogP contribution in [0.2, 0.25) is 0 Å². The molecular weight excluding hydrogens is 358 g/mol. The zero-order chi connectivity index (χ0) is 18.4. The van der Waals surface area contributed by atoms with Gasteiger partial charge >= 0.3 is 5.97 Å². The molecule has 0 fully saturated rings. The summed E-state index contributed by atoms with van der Waals surface area (Å²) in [6.07, 6.45) is 1.94. The van der Waals surface area contributed by atoms with Crippen LogP contribution in [0.25, 0.3) is 0 Å². The Kier molecular flexibility index (Phi) is 6.50. The molecule has 0 bridgehead atoms. The molecule has 5 nitrogen and oxygen atoms in total. The largest absolute Gasteiger partial charge is 0.462 e. The summed E-state index contributed by atoms with van der Waals surface area (Å²) in [5.41, 5.74) is 0.896. The molecule has 0 unspecified atom stereocenters. The van der Waals surface area contributed by atoms with E-state index in [2.05, 4.69) is 0 Å². The van der Waals surface area contributed by atoms with Crippen molar-refractivity contribution in [3.05, 3.63) is 54.1 Å². The van der Waals surface area contributed by atoms with Gasteiger partial charge in [0.2, 0.25) is 0 Å². The molecule has 0 heterocycles. The van der Waals surface area contributed by atoms with E-state index in [1.807, 2.05) is 6.26 Å². The maximum absolute atomic E-state index is 12.9. The molecule has 0 aromatic heterocycles. The van der Waals surface area contributed by atoms with Crippen LogP contribution < -0.4 is 4.31 Å². The number of hydrogen-bond acceptors (Lipinski definition) is 5. The molecule has 0 aliphatic heterocycles. The molecule has 0 radical (unpaired) electrons. The fraction of sp³-hybridized carbons (Fsp3) is 0.278. The number of rotatable bonds is 7. The molecule has 25 heavy (non-hydrogen) atoms. The predicted molar refractivity (Wildman–Crippen MR) is 101 cm³/mol. The van der Waals surface area contributed by atoms with Crippen molar-refractivity contribution < 1.29 is 17.9 Å². The van der Waals surface area contributed by atoms with Crippen LogP contribution in [0.3, 0.4) is 0 Å². The van der Waals surface area contributed by atoms with E-state index in [1.165, 1.54) is 4.31 Å². The molecule has 0 aliphatic rings. The summed E-state index contributed by atoms with van der Waals surface area (Å²) in [7, 11) is -3.66. The summed E-state index contributed by atoms with van der Waals surface area (Å²) < 4.78 is 32.1. The Morgan fingerprint density at radius 3 is 2.12 bits per heavy atom. The first-order chi connectivity index (χ1) is 11.9. The number of benzene rings is 2. The highest BCUT2D eigenvalue weighted by atomic mass is 32.2. The lowest BCUT2D eigenvalue weighted by atomic mass is 10.2. The minimum absolute atomic E-state index is 0.238. The van der Waals surface area contributed by atoms with E-state index >= 15 is 0 Å². The van der Waals surface area contributed by atoms with Crippen molar-refractivity contribution in [2.75, 3.05) is 23.7 Å². The van der Waals surface area contributed by atoms with Gasteiger partial charge in [0.25, 0.3) is 10.0 Å². The maximum atomic E-state index is 12.9. The highest BCUT2D eigenvalue weighted by Gasteiger charge is 2.23. The zero-order valence-corrected chi connectivity index (χ0v) is 16.1. The van der Waals surface area contributed by atoms with Crippen LogP contribution in [-0.4, -0.2) is 33.8 Å². The lowest BCUT2D eigenvalue weighted by molar-refractivity contribution is 0.0526. The number of thioether (sulfide) groups is 1. The van der Waals surface area contributed by atoms with E-state index in [9.17, 15) is 13.2 Å². The van der Waals surface area contributed by atoms with Crippen molar-refractivity contribution in [1.29, 1.82) is 0 Å². The van der Waals surface area contributed by atoms with Gasteiger partial charge in [-0.2, -0.15) is 0 Å². The Balaban J connectivity index is 2.32. The van der Waals surface area contributed by atoms with Gasteiger partial charge in [-0.3, -0.25) is 4.31 Å². The number of carbonyl (C=O) groups excluding carboxylic acids is 1. The molecule has 134 valence electrons. The molecule has 0 saturated carbocycles. The van der Waals surface area contributed by atoms with Gasteiger partial charge < -0.3 is 4.74 Å². The quantitative estimate of drug-likeness (QED) is 0.541. The topological polar surface area (TPSA) is 63.7 Å². The first-order valence-electron chi connectivity index (χ1n) is 7.88. The van der Waals surface area contributed by atoms with Crippen molar-refractivity contribution in [3.8, 4) is 0 Å². The summed E-state index contributed by atoms with van der Waals surface area (Å²) in [5.74, 6) is -0.424. The van der Waals surface area contributed by atoms with E-state index in [4.69, 9.17) is 4.74 Å². The van der Waals surface area contributed by atoms with E-state index in [-0.39, 0.29) is 11.4 Å². The van der Waals surface area contributed by atoms with E-state index in [1.54, 1.807) is 74.1 Å². The molecule has 0 atom stereocenters.